The number of thiophene rings is 1. The summed E-state index contributed by atoms with van der Waals surface area (Å²) >= 11 is 2.95. The fourth-order valence-electron chi connectivity index (χ4n) is 3.39. The van der Waals surface area contributed by atoms with E-state index in [9.17, 15) is 9.59 Å². The quantitative estimate of drug-likeness (QED) is 0.345. The molecule has 2 aromatic heterocycles. The van der Waals surface area contributed by atoms with E-state index in [0.717, 1.165) is 29.5 Å². The lowest BCUT2D eigenvalue weighted by Crippen LogP contribution is -2.25. The molecule has 0 atom stereocenters. The third-order valence-corrected chi connectivity index (χ3v) is 6.90. The second-order valence-corrected chi connectivity index (χ2v) is 8.49. The largest absolute Gasteiger partial charge is 0.383 e. The molecule has 7 heteroatoms. The minimum Gasteiger partial charge on any atom is -0.383 e. The molecule has 5 nitrogen and oxygen atoms in total. The predicted octanol–water partition coefficient (Wildman–Crippen LogP) is 3.57. The molecule has 0 bridgehead atoms. The van der Waals surface area contributed by atoms with E-state index in [1.807, 2.05) is 18.2 Å². The second kappa shape index (κ2) is 7.96. The van der Waals surface area contributed by atoms with E-state index in [-0.39, 0.29) is 17.1 Å². The maximum atomic E-state index is 13.2. The van der Waals surface area contributed by atoms with Gasteiger partial charge in [0.25, 0.3) is 5.56 Å². The zero-order valence-corrected chi connectivity index (χ0v) is 16.7. The summed E-state index contributed by atoms with van der Waals surface area (Å²) in [7, 11) is 1.62. The molecule has 0 aliphatic heterocycles. The second-order valence-electron chi connectivity index (χ2n) is 6.46. The Morgan fingerprint density at radius 2 is 2.11 bits per heavy atom. The van der Waals surface area contributed by atoms with Gasteiger partial charge in [-0.2, -0.15) is 0 Å². The van der Waals surface area contributed by atoms with Crippen LogP contribution in [0.2, 0.25) is 0 Å². The third-order valence-electron chi connectivity index (χ3n) is 4.74. The summed E-state index contributed by atoms with van der Waals surface area (Å²) in [5, 5.41) is 1.36. The highest BCUT2D eigenvalue weighted by molar-refractivity contribution is 7.99. The number of benzene rings is 1. The van der Waals surface area contributed by atoms with Crippen molar-refractivity contribution in [1.29, 1.82) is 0 Å². The Morgan fingerprint density at radius 1 is 1.30 bits per heavy atom. The normalized spacial score (nSPS) is 13.2. The van der Waals surface area contributed by atoms with Gasteiger partial charge in [0.1, 0.15) is 4.83 Å². The molecule has 1 aliphatic carbocycles. The first-order valence-corrected chi connectivity index (χ1v) is 10.7. The average molecular weight is 401 g/mol. The fraction of sp³-hybridized carbons (Fsp3) is 0.350. The van der Waals surface area contributed by atoms with Gasteiger partial charge in [-0.15, -0.1) is 11.3 Å². The Morgan fingerprint density at radius 3 is 2.89 bits per heavy atom. The van der Waals surface area contributed by atoms with E-state index in [1.54, 1.807) is 35.1 Å². The first kappa shape index (κ1) is 18.4. The maximum Gasteiger partial charge on any atom is 0.263 e. The van der Waals surface area contributed by atoms with Crippen molar-refractivity contribution in [3.63, 3.8) is 0 Å². The Balaban J connectivity index is 1.68. The molecule has 0 radical (unpaired) electrons. The van der Waals surface area contributed by atoms with Crippen LogP contribution < -0.4 is 5.56 Å². The van der Waals surface area contributed by atoms with E-state index >= 15 is 0 Å². The highest BCUT2D eigenvalue weighted by atomic mass is 32.2. The number of hydrogen-bond acceptors (Lipinski definition) is 6. The minimum absolute atomic E-state index is 0.00823. The van der Waals surface area contributed by atoms with E-state index in [1.165, 1.54) is 22.2 Å². The van der Waals surface area contributed by atoms with Gasteiger partial charge in [-0.25, -0.2) is 4.98 Å². The Labute approximate surface area is 165 Å². The van der Waals surface area contributed by atoms with Gasteiger partial charge in [0.15, 0.2) is 10.9 Å². The smallest absolute Gasteiger partial charge is 0.263 e. The first-order valence-electron chi connectivity index (χ1n) is 8.94. The van der Waals surface area contributed by atoms with Gasteiger partial charge in [0, 0.05) is 17.6 Å². The molecule has 27 heavy (non-hydrogen) atoms. The van der Waals surface area contributed by atoms with Crippen LogP contribution in [-0.4, -0.2) is 34.8 Å². The highest BCUT2D eigenvalue weighted by Crippen LogP contribution is 2.35. The number of nitrogens with zero attached hydrogens (tertiary/aromatic N) is 2. The molecule has 0 saturated carbocycles. The fourth-order valence-corrected chi connectivity index (χ4v) is 5.61. The number of ether oxygens (including phenoxy) is 1. The number of aromatic nitrogens is 2. The molecule has 4 rings (SSSR count). The molecule has 3 aromatic rings. The van der Waals surface area contributed by atoms with Crippen molar-refractivity contribution in [2.45, 2.75) is 31.0 Å². The van der Waals surface area contributed by atoms with Crippen molar-refractivity contribution in [1.82, 2.24) is 9.55 Å². The predicted molar refractivity (Wildman–Crippen MR) is 109 cm³/mol. The number of aryl methyl sites for hydroxylation is 2. The van der Waals surface area contributed by atoms with Crippen LogP contribution in [0.15, 0.2) is 40.3 Å². The number of methoxy groups -OCH3 is 1. The molecular formula is C20H20N2O3S2. The first-order chi connectivity index (χ1) is 13.2. The van der Waals surface area contributed by atoms with E-state index in [0.29, 0.717) is 23.9 Å². The monoisotopic (exact) mass is 400 g/mol. The summed E-state index contributed by atoms with van der Waals surface area (Å²) < 4.78 is 6.84. The van der Waals surface area contributed by atoms with Crippen LogP contribution in [0.4, 0.5) is 0 Å². The van der Waals surface area contributed by atoms with Crippen LogP contribution in [0.3, 0.4) is 0 Å². The summed E-state index contributed by atoms with van der Waals surface area (Å²) in [4.78, 5) is 32.5. The van der Waals surface area contributed by atoms with Crippen molar-refractivity contribution in [2.24, 2.45) is 0 Å². The lowest BCUT2D eigenvalue weighted by molar-refractivity contribution is 0.102. The molecule has 140 valence electrons. The molecule has 0 amide bonds. The van der Waals surface area contributed by atoms with Crippen LogP contribution in [0, 0.1) is 0 Å². The molecule has 1 aromatic carbocycles. The van der Waals surface area contributed by atoms with Crippen LogP contribution in [0.25, 0.3) is 10.2 Å². The summed E-state index contributed by atoms with van der Waals surface area (Å²) in [6, 6.07) is 9.20. The lowest BCUT2D eigenvalue weighted by Gasteiger charge is -2.11. The molecule has 2 heterocycles. The van der Waals surface area contributed by atoms with Crippen molar-refractivity contribution >= 4 is 39.1 Å². The Kier molecular flexibility index (Phi) is 5.43. The van der Waals surface area contributed by atoms with Gasteiger partial charge in [-0.1, -0.05) is 42.1 Å². The number of fused-ring (bicyclic) bond motifs is 3. The molecule has 0 unspecified atom stereocenters. The minimum atomic E-state index is -0.00823. The number of carbonyl (C=O) groups excluding carboxylic acids is 1. The van der Waals surface area contributed by atoms with Gasteiger partial charge >= 0.3 is 0 Å². The van der Waals surface area contributed by atoms with Gasteiger partial charge in [0.05, 0.1) is 24.3 Å². The summed E-state index contributed by atoms with van der Waals surface area (Å²) in [5.74, 6) is 0.280. The number of carbonyl (C=O) groups is 1. The number of rotatable bonds is 7. The van der Waals surface area contributed by atoms with Crippen molar-refractivity contribution in [2.75, 3.05) is 19.5 Å². The van der Waals surface area contributed by atoms with E-state index in [4.69, 9.17) is 9.72 Å². The number of Topliss-reactive ketones (excluding diaryl/α,β-unsaturated/α-hetero) is 1. The SMILES string of the molecule is COCCn1c(SCC(=O)c2ccccc2)nc2sc3c(c2c1=O)CCC3. The van der Waals surface area contributed by atoms with Crippen molar-refractivity contribution in [3.8, 4) is 0 Å². The van der Waals surface area contributed by atoms with E-state index < -0.39 is 0 Å². The zero-order chi connectivity index (χ0) is 18.8. The van der Waals surface area contributed by atoms with E-state index in [2.05, 4.69) is 0 Å². The van der Waals surface area contributed by atoms with Gasteiger partial charge in [0.2, 0.25) is 0 Å². The summed E-state index contributed by atoms with van der Waals surface area (Å²) in [5.41, 5.74) is 1.84. The zero-order valence-electron chi connectivity index (χ0n) is 15.1. The number of thioether (sulfide) groups is 1. The summed E-state index contributed by atoms with van der Waals surface area (Å²) in [6.45, 7) is 0.865. The molecule has 0 fully saturated rings. The third kappa shape index (κ3) is 3.59. The topological polar surface area (TPSA) is 61.2 Å². The van der Waals surface area contributed by atoms with Gasteiger partial charge < -0.3 is 4.74 Å². The highest BCUT2D eigenvalue weighted by Gasteiger charge is 2.23. The van der Waals surface area contributed by atoms with Gasteiger partial charge in [-0.05, 0) is 24.8 Å². The Bertz CT molecular complexity index is 1040. The number of ketones is 1. The molecule has 1 aliphatic rings. The van der Waals surface area contributed by atoms with Crippen LogP contribution in [0.1, 0.15) is 27.2 Å². The summed E-state index contributed by atoms with van der Waals surface area (Å²) in [6.07, 6.45) is 3.09. The molecular weight excluding hydrogens is 380 g/mol. The standard InChI is InChI=1S/C20H20N2O3S2/c1-25-11-10-22-19(24)17-14-8-5-9-16(14)27-18(17)21-20(22)26-12-15(23)13-6-3-2-4-7-13/h2-4,6-7H,5,8-12H2,1H3. The molecule has 0 spiro atoms. The van der Waals surface area contributed by atoms with Crippen LogP contribution in [-0.2, 0) is 24.1 Å². The van der Waals surface area contributed by atoms with Crippen molar-refractivity contribution < 1.29 is 9.53 Å². The van der Waals surface area contributed by atoms with Crippen molar-refractivity contribution in [3.05, 3.63) is 56.7 Å². The number of hydrogen-bond donors (Lipinski definition) is 0. The lowest BCUT2D eigenvalue weighted by atomic mass is 10.2. The maximum absolute atomic E-state index is 13.2. The van der Waals surface area contributed by atoms with Crippen LogP contribution >= 0.6 is 23.1 Å². The van der Waals surface area contributed by atoms with Gasteiger partial charge in [-0.3, -0.25) is 14.2 Å². The Hall–Kier alpha value is -1.96. The molecule has 0 saturated heterocycles. The average Bonchev–Trinajstić information content (AvgIpc) is 3.27. The van der Waals surface area contributed by atoms with Crippen LogP contribution in [0.5, 0.6) is 0 Å². The molecule has 0 N–H and O–H groups in total.